The number of carbonyl (C=O) groups excluding carboxylic acids is 1. The van der Waals surface area contributed by atoms with Crippen molar-refractivity contribution in [3.05, 3.63) is 16.1 Å². The highest BCUT2D eigenvalue weighted by atomic mass is 79.9. The summed E-state index contributed by atoms with van der Waals surface area (Å²) in [5, 5.41) is 0. The molecule has 76 valence electrons. The predicted molar refractivity (Wildman–Crippen MR) is 57.3 cm³/mol. The fourth-order valence-corrected chi connectivity index (χ4v) is 2.54. The molecule has 0 spiro atoms. The van der Waals surface area contributed by atoms with Crippen molar-refractivity contribution >= 4 is 21.7 Å². The van der Waals surface area contributed by atoms with Crippen molar-refractivity contribution in [3.8, 4) is 0 Å². The van der Waals surface area contributed by atoms with Gasteiger partial charge in [-0.25, -0.2) is 4.98 Å². The first kappa shape index (κ1) is 9.90. The van der Waals surface area contributed by atoms with Gasteiger partial charge >= 0.3 is 0 Å². The summed E-state index contributed by atoms with van der Waals surface area (Å²) in [6.45, 7) is 2.62. The summed E-state index contributed by atoms with van der Waals surface area (Å²) in [6.07, 6.45) is 3.95. The molecule has 0 aromatic carbocycles. The normalized spacial score (nSPS) is 15.3. The van der Waals surface area contributed by atoms with Gasteiger partial charge in [-0.3, -0.25) is 4.79 Å². The first-order valence-corrected chi connectivity index (χ1v) is 5.71. The Balaban J connectivity index is 2.36. The van der Waals surface area contributed by atoms with Crippen LogP contribution in [0.1, 0.15) is 31.3 Å². The number of halogens is 1. The molecule has 2 heterocycles. The number of rotatable bonds is 2. The van der Waals surface area contributed by atoms with Gasteiger partial charge in [0.1, 0.15) is 16.2 Å². The third-order valence-corrected chi connectivity index (χ3v) is 3.19. The zero-order valence-electron chi connectivity index (χ0n) is 8.22. The minimum atomic E-state index is 0.177. The molecule has 0 aliphatic carbocycles. The van der Waals surface area contributed by atoms with Gasteiger partial charge in [0.25, 0.3) is 0 Å². The van der Waals surface area contributed by atoms with Crippen molar-refractivity contribution in [1.82, 2.24) is 9.55 Å². The molecular formula is C10H13BrN2O. The first-order chi connectivity index (χ1) is 6.68. The topological polar surface area (TPSA) is 34.9 Å². The molecule has 0 N–H and O–H groups in total. The van der Waals surface area contributed by atoms with E-state index in [1.807, 2.05) is 0 Å². The number of hydrogen-bond acceptors (Lipinski definition) is 2. The number of hydrogen-bond donors (Lipinski definition) is 0. The third-order valence-electron chi connectivity index (χ3n) is 2.56. The van der Waals surface area contributed by atoms with Gasteiger partial charge in [0.2, 0.25) is 0 Å². The molecule has 1 aromatic rings. The fourth-order valence-electron chi connectivity index (χ4n) is 1.93. The molecule has 3 nitrogen and oxygen atoms in total. The molecule has 1 aliphatic rings. The van der Waals surface area contributed by atoms with Crippen LogP contribution in [0.3, 0.4) is 0 Å². The summed E-state index contributed by atoms with van der Waals surface area (Å²) in [6, 6.07) is 0. The summed E-state index contributed by atoms with van der Waals surface area (Å²) in [7, 11) is 0. The molecular weight excluding hydrogens is 244 g/mol. The van der Waals surface area contributed by atoms with Crippen molar-refractivity contribution in [2.75, 3.05) is 0 Å². The molecule has 4 heteroatoms. The maximum atomic E-state index is 11.0. The minimum Gasteiger partial charge on any atom is -0.331 e. The Kier molecular flexibility index (Phi) is 2.72. The van der Waals surface area contributed by atoms with E-state index in [0.29, 0.717) is 6.42 Å². The van der Waals surface area contributed by atoms with Crippen molar-refractivity contribution in [2.24, 2.45) is 0 Å². The molecule has 0 bridgehead atoms. The summed E-state index contributed by atoms with van der Waals surface area (Å²) in [5.74, 6) is 1.09. The Hall–Kier alpha value is -0.640. The van der Waals surface area contributed by atoms with E-state index in [-0.39, 0.29) is 5.78 Å². The van der Waals surface area contributed by atoms with E-state index in [4.69, 9.17) is 0 Å². The summed E-state index contributed by atoms with van der Waals surface area (Å²) in [4.78, 5) is 15.4. The molecule has 2 rings (SSSR count). The molecule has 0 unspecified atom stereocenters. The second-order valence-corrected chi connectivity index (χ2v) is 4.50. The van der Waals surface area contributed by atoms with E-state index in [9.17, 15) is 4.79 Å². The number of ketones is 1. The van der Waals surface area contributed by atoms with E-state index >= 15 is 0 Å². The molecule has 0 amide bonds. The lowest BCUT2D eigenvalue weighted by molar-refractivity contribution is -0.116. The van der Waals surface area contributed by atoms with Gasteiger partial charge < -0.3 is 4.57 Å². The fraction of sp³-hybridized carbons (Fsp3) is 0.600. The van der Waals surface area contributed by atoms with Gasteiger partial charge in [0.15, 0.2) is 0 Å². The standard InChI is InChI=1S/C10H13BrN2O/c1-7(14)6-9-12-10(11)8-4-2-3-5-13(8)9/h2-6H2,1H3. The van der Waals surface area contributed by atoms with Crippen LogP contribution in [0.15, 0.2) is 4.60 Å². The van der Waals surface area contributed by atoms with Crippen LogP contribution in [-0.2, 0) is 24.2 Å². The third kappa shape index (κ3) is 1.75. The molecule has 0 fully saturated rings. The van der Waals surface area contributed by atoms with Crippen LogP contribution < -0.4 is 0 Å². The van der Waals surface area contributed by atoms with Crippen molar-refractivity contribution < 1.29 is 4.79 Å². The number of nitrogens with zero attached hydrogens (tertiary/aromatic N) is 2. The van der Waals surface area contributed by atoms with Crippen LogP contribution in [0.4, 0.5) is 0 Å². The highest BCUT2D eigenvalue weighted by Crippen LogP contribution is 2.24. The molecule has 0 radical (unpaired) electrons. The highest BCUT2D eigenvalue weighted by molar-refractivity contribution is 9.10. The maximum Gasteiger partial charge on any atom is 0.137 e. The summed E-state index contributed by atoms with van der Waals surface area (Å²) >= 11 is 3.45. The Bertz CT molecular complexity index is 370. The van der Waals surface area contributed by atoms with E-state index in [1.165, 1.54) is 18.5 Å². The van der Waals surface area contributed by atoms with Crippen LogP contribution in [0, 0.1) is 0 Å². The number of aromatic nitrogens is 2. The number of fused-ring (bicyclic) bond motifs is 1. The smallest absolute Gasteiger partial charge is 0.137 e. The van der Waals surface area contributed by atoms with Crippen LogP contribution >= 0.6 is 15.9 Å². The molecule has 14 heavy (non-hydrogen) atoms. The Morgan fingerprint density at radius 1 is 1.57 bits per heavy atom. The van der Waals surface area contributed by atoms with Crippen molar-refractivity contribution in [1.29, 1.82) is 0 Å². The van der Waals surface area contributed by atoms with Crippen LogP contribution in [-0.4, -0.2) is 15.3 Å². The SMILES string of the molecule is CC(=O)Cc1nc(Br)c2n1CCCC2. The van der Waals surface area contributed by atoms with Crippen molar-refractivity contribution in [3.63, 3.8) is 0 Å². The van der Waals surface area contributed by atoms with Gasteiger partial charge in [-0.2, -0.15) is 0 Å². The zero-order chi connectivity index (χ0) is 10.1. The van der Waals surface area contributed by atoms with Crippen LogP contribution in [0.25, 0.3) is 0 Å². The maximum absolute atomic E-state index is 11.0. The first-order valence-electron chi connectivity index (χ1n) is 4.91. The van der Waals surface area contributed by atoms with E-state index in [0.717, 1.165) is 23.4 Å². The average Bonchev–Trinajstić information content (AvgIpc) is 2.44. The lowest BCUT2D eigenvalue weighted by atomic mass is 10.1. The lowest BCUT2D eigenvalue weighted by Gasteiger charge is -2.16. The van der Waals surface area contributed by atoms with Crippen molar-refractivity contribution in [2.45, 2.75) is 39.2 Å². The minimum absolute atomic E-state index is 0.177. The van der Waals surface area contributed by atoms with E-state index in [2.05, 4.69) is 25.5 Å². The van der Waals surface area contributed by atoms with Gasteiger partial charge in [0.05, 0.1) is 12.1 Å². The quantitative estimate of drug-likeness (QED) is 0.813. The van der Waals surface area contributed by atoms with Gasteiger partial charge in [-0.1, -0.05) is 0 Å². The Morgan fingerprint density at radius 2 is 2.36 bits per heavy atom. The van der Waals surface area contributed by atoms with Gasteiger partial charge in [0, 0.05) is 6.54 Å². The molecule has 0 saturated carbocycles. The second kappa shape index (κ2) is 3.85. The van der Waals surface area contributed by atoms with E-state index in [1.54, 1.807) is 6.92 Å². The Morgan fingerprint density at radius 3 is 3.07 bits per heavy atom. The van der Waals surface area contributed by atoms with Gasteiger partial charge in [-0.05, 0) is 42.1 Å². The number of Topliss-reactive ketones (excluding diaryl/α,β-unsaturated/α-hetero) is 1. The van der Waals surface area contributed by atoms with E-state index < -0.39 is 0 Å². The zero-order valence-corrected chi connectivity index (χ0v) is 9.80. The molecule has 1 aliphatic heterocycles. The number of imidazole rings is 1. The number of carbonyl (C=O) groups is 1. The van der Waals surface area contributed by atoms with Crippen LogP contribution in [0.5, 0.6) is 0 Å². The largest absolute Gasteiger partial charge is 0.331 e. The molecule has 0 atom stereocenters. The Labute approximate surface area is 91.6 Å². The van der Waals surface area contributed by atoms with Gasteiger partial charge in [-0.15, -0.1) is 0 Å². The summed E-state index contributed by atoms with van der Waals surface area (Å²) in [5.41, 5.74) is 1.26. The molecule has 0 saturated heterocycles. The average molecular weight is 257 g/mol. The monoisotopic (exact) mass is 256 g/mol. The lowest BCUT2D eigenvalue weighted by Crippen LogP contribution is -2.14. The summed E-state index contributed by atoms with van der Waals surface area (Å²) < 4.78 is 3.11. The predicted octanol–water partition coefficient (Wildman–Crippen LogP) is 2.11. The molecule has 1 aromatic heterocycles. The second-order valence-electron chi connectivity index (χ2n) is 3.75. The van der Waals surface area contributed by atoms with Crippen LogP contribution in [0.2, 0.25) is 0 Å². The highest BCUT2D eigenvalue weighted by Gasteiger charge is 2.18.